The van der Waals surface area contributed by atoms with Gasteiger partial charge < -0.3 is 5.32 Å². The Morgan fingerprint density at radius 3 is 2.42 bits per heavy atom. The molecule has 24 heavy (non-hydrogen) atoms. The second kappa shape index (κ2) is 6.26. The first-order valence-electron chi connectivity index (χ1n) is 7.61. The number of rotatable bonds is 4. The van der Waals surface area contributed by atoms with Crippen LogP contribution in [0.5, 0.6) is 0 Å². The van der Waals surface area contributed by atoms with Gasteiger partial charge in [-0.2, -0.15) is 4.37 Å². The van der Waals surface area contributed by atoms with E-state index in [-0.39, 0.29) is 0 Å². The topological polar surface area (TPSA) is 42.0 Å². The first-order valence-corrected chi connectivity index (χ1v) is 8.38. The highest BCUT2D eigenvalue weighted by atomic mass is 32.1. The molecule has 0 aliphatic heterocycles. The quantitative estimate of drug-likeness (QED) is 0.501. The lowest BCUT2D eigenvalue weighted by atomic mass is 10.0. The van der Waals surface area contributed by atoms with Gasteiger partial charge >= 0.3 is 0 Å². The first kappa shape index (κ1) is 14.6. The van der Waals surface area contributed by atoms with E-state index in [0.717, 1.165) is 27.9 Å². The minimum atomic E-state index is 0.662. The molecular formula is C20H14N2OS. The molecule has 4 rings (SSSR count). The standard InChI is InChI=1S/C20H14N2OS/c23-13-14-9-11-16(12-10-14)21-20-18-8-4-7-17(19(18)24-22-20)15-5-2-1-3-6-15/h1-13H,(H,21,22). The van der Waals surface area contributed by atoms with Crippen LogP contribution < -0.4 is 5.32 Å². The molecule has 0 amide bonds. The van der Waals surface area contributed by atoms with Crippen molar-refractivity contribution in [1.29, 1.82) is 0 Å². The minimum Gasteiger partial charge on any atom is -0.339 e. The smallest absolute Gasteiger partial charge is 0.151 e. The van der Waals surface area contributed by atoms with Crippen molar-refractivity contribution >= 4 is 39.4 Å². The van der Waals surface area contributed by atoms with Crippen LogP contribution in [0.4, 0.5) is 11.5 Å². The normalized spacial score (nSPS) is 10.7. The zero-order valence-electron chi connectivity index (χ0n) is 12.8. The summed E-state index contributed by atoms with van der Waals surface area (Å²) in [6.07, 6.45) is 0.841. The summed E-state index contributed by atoms with van der Waals surface area (Å²) in [4.78, 5) is 10.8. The summed E-state index contributed by atoms with van der Waals surface area (Å²) in [5.74, 6) is 0.839. The average molecular weight is 330 g/mol. The molecule has 4 aromatic rings. The molecule has 0 aliphatic carbocycles. The van der Waals surface area contributed by atoms with E-state index in [1.165, 1.54) is 22.7 Å². The number of nitrogens with one attached hydrogen (secondary N) is 1. The van der Waals surface area contributed by atoms with E-state index in [1.54, 1.807) is 12.1 Å². The van der Waals surface area contributed by atoms with Crippen LogP contribution in [0.25, 0.3) is 21.2 Å². The number of benzene rings is 3. The van der Waals surface area contributed by atoms with Crippen molar-refractivity contribution in [2.24, 2.45) is 0 Å². The maximum Gasteiger partial charge on any atom is 0.151 e. The molecule has 0 fully saturated rings. The van der Waals surface area contributed by atoms with Gasteiger partial charge in [-0.25, -0.2) is 0 Å². The van der Waals surface area contributed by atoms with Gasteiger partial charge in [-0.3, -0.25) is 4.79 Å². The van der Waals surface area contributed by atoms with Gasteiger partial charge in [0.05, 0.1) is 4.70 Å². The van der Waals surface area contributed by atoms with E-state index >= 15 is 0 Å². The third-order valence-electron chi connectivity index (χ3n) is 3.89. The summed E-state index contributed by atoms with van der Waals surface area (Å²) in [5, 5.41) is 4.44. The molecule has 1 heterocycles. The number of hydrogen-bond acceptors (Lipinski definition) is 4. The average Bonchev–Trinajstić information content (AvgIpc) is 3.06. The molecule has 0 bridgehead atoms. The van der Waals surface area contributed by atoms with Gasteiger partial charge in [-0.05, 0) is 47.4 Å². The number of carbonyl (C=O) groups is 1. The summed E-state index contributed by atoms with van der Waals surface area (Å²) in [7, 11) is 0. The van der Waals surface area contributed by atoms with Crippen LogP contribution in [0.1, 0.15) is 10.4 Å². The Morgan fingerprint density at radius 2 is 1.67 bits per heavy atom. The van der Waals surface area contributed by atoms with Gasteiger partial charge in [0.2, 0.25) is 0 Å². The van der Waals surface area contributed by atoms with E-state index < -0.39 is 0 Å². The van der Waals surface area contributed by atoms with Gasteiger partial charge in [0.15, 0.2) is 5.82 Å². The fourth-order valence-corrected chi connectivity index (χ4v) is 3.55. The predicted molar refractivity (Wildman–Crippen MR) is 100 cm³/mol. The Labute approximate surface area is 143 Å². The summed E-state index contributed by atoms with van der Waals surface area (Å²) >= 11 is 1.49. The number of hydrogen-bond donors (Lipinski definition) is 1. The summed E-state index contributed by atoms with van der Waals surface area (Å²) in [6, 6.07) is 23.9. The second-order valence-corrected chi connectivity index (χ2v) is 6.22. The zero-order valence-corrected chi connectivity index (χ0v) is 13.6. The van der Waals surface area contributed by atoms with Crippen LogP contribution >= 0.6 is 11.5 Å². The molecule has 116 valence electrons. The van der Waals surface area contributed by atoms with Crippen LogP contribution in [-0.4, -0.2) is 10.7 Å². The number of aldehydes is 1. The lowest BCUT2D eigenvalue weighted by molar-refractivity contribution is 0.112. The largest absolute Gasteiger partial charge is 0.339 e. The molecule has 0 aliphatic rings. The van der Waals surface area contributed by atoms with Crippen LogP contribution in [0.2, 0.25) is 0 Å². The second-order valence-electron chi connectivity index (χ2n) is 5.44. The Hall–Kier alpha value is -2.98. The maximum atomic E-state index is 10.8. The molecule has 0 saturated carbocycles. The molecule has 1 aromatic heterocycles. The van der Waals surface area contributed by atoms with Gasteiger partial charge in [-0.15, -0.1) is 0 Å². The van der Waals surface area contributed by atoms with E-state index in [0.29, 0.717) is 5.56 Å². The number of aromatic nitrogens is 1. The molecule has 0 radical (unpaired) electrons. The third kappa shape index (κ3) is 2.68. The number of anilines is 2. The third-order valence-corrected chi connectivity index (χ3v) is 4.79. The molecule has 3 aromatic carbocycles. The molecule has 0 spiro atoms. The van der Waals surface area contributed by atoms with Crippen LogP contribution in [0.15, 0.2) is 72.8 Å². The van der Waals surface area contributed by atoms with Crippen molar-refractivity contribution < 1.29 is 4.79 Å². The number of carbonyl (C=O) groups excluding carboxylic acids is 1. The van der Waals surface area contributed by atoms with E-state index in [9.17, 15) is 4.79 Å². The lowest BCUT2D eigenvalue weighted by Crippen LogP contribution is -1.91. The minimum absolute atomic E-state index is 0.662. The van der Waals surface area contributed by atoms with Crippen molar-refractivity contribution in [2.45, 2.75) is 0 Å². The van der Waals surface area contributed by atoms with E-state index in [2.05, 4.69) is 40.0 Å². The van der Waals surface area contributed by atoms with Gasteiger partial charge in [0.25, 0.3) is 0 Å². The molecular weight excluding hydrogens is 316 g/mol. The lowest BCUT2D eigenvalue weighted by Gasteiger charge is -2.05. The number of nitrogens with zero attached hydrogens (tertiary/aromatic N) is 1. The van der Waals surface area contributed by atoms with Gasteiger partial charge in [0, 0.05) is 22.2 Å². The predicted octanol–water partition coefficient (Wildman–Crippen LogP) is 5.52. The highest BCUT2D eigenvalue weighted by Crippen LogP contribution is 2.36. The van der Waals surface area contributed by atoms with Gasteiger partial charge in [-0.1, -0.05) is 42.5 Å². The Balaban J connectivity index is 1.74. The van der Waals surface area contributed by atoms with E-state index in [1.807, 2.05) is 30.3 Å². The Kier molecular flexibility index (Phi) is 3.81. The summed E-state index contributed by atoms with van der Waals surface area (Å²) in [6.45, 7) is 0. The van der Waals surface area contributed by atoms with E-state index in [4.69, 9.17) is 0 Å². The summed E-state index contributed by atoms with van der Waals surface area (Å²) in [5.41, 5.74) is 3.96. The summed E-state index contributed by atoms with van der Waals surface area (Å²) < 4.78 is 5.74. The molecule has 3 nitrogen and oxygen atoms in total. The van der Waals surface area contributed by atoms with Crippen LogP contribution in [0, 0.1) is 0 Å². The van der Waals surface area contributed by atoms with Crippen molar-refractivity contribution in [1.82, 2.24) is 4.37 Å². The zero-order chi connectivity index (χ0) is 16.4. The fourth-order valence-electron chi connectivity index (χ4n) is 2.68. The monoisotopic (exact) mass is 330 g/mol. The molecule has 4 heteroatoms. The highest BCUT2D eigenvalue weighted by Gasteiger charge is 2.11. The number of fused-ring (bicyclic) bond motifs is 1. The fraction of sp³-hybridized carbons (Fsp3) is 0. The van der Waals surface area contributed by atoms with Crippen molar-refractivity contribution in [3.8, 4) is 11.1 Å². The van der Waals surface area contributed by atoms with Crippen LogP contribution in [-0.2, 0) is 0 Å². The Bertz CT molecular complexity index is 991. The molecule has 0 saturated heterocycles. The van der Waals surface area contributed by atoms with Crippen LogP contribution in [0.3, 0.4) is 0 Å². The van der Waals surface area contributed by atoms with Crippen molar-refractivity contribution in [3.63, 3.8) is 0 Å². The molecule has 0 atom stereocenters. The SMILES string of the molecule is O=Cc1ccc(Nc2nsc3c(-c4ccccc4)cccc23)cc1. The first-order chi connectivity index (χ1) is 11.8. The highest BCUT2D eigenvalue weighted by molar-refractivity contribution is 7.14. The van der Waals surface area contributed by atoms with Gasteiger partial charge in [0.1, 0.15) is 6.29 Å². The maximum absolute atomic E-state index is 10.8. The molecule has 1 N–H and O–H groups in total. The van der Waals surface area contributed by atoms with Crippen molar-refractivity contribution in [2.75, 3.05) is 5.32 Å². The molecule has 0 unspecified atom stereocenters. The van der Waals surface area contributed by atoms with Crippen molar-refractivity contribution in [3.05, 3.63) is 78.4 Å². The Morgan fingerprint density at radius 1 is 0.875 bits per heavy atom.